The van der Waals surface area contributed by atoms with Gasteiger partial charge in [-0.05, 0) is 44.4 Å². The zero-order chi connectivity index (χ0) is 13.8. The second-order valence-corrected chi connectivity index (χ2v) is 5.10. The van der Waals surface area contributed by atoms with Crippen molar-refractivity contribution >= 4 is 23.0 Å². The molecule has 1 atom stereocenters. The molecule has 5 heteroatoms. The minimum Gasteiger partial charge on any atom is -0.397 e. The zero-order valence-corrected chi connectivity index (χ0v) is 11.4. The van der Waals surface area contributed by atoms with Crippen LogP contribution in [0.2, 0.25) is 0 Å². The molecule has 1 fully saturated rings. The molecule has 1 saturated heterocycles. The molecule has 5 N–H and O–H groups in total. The van der Waals surface area contributed by atoms with Gasteiger partial charge in [0.05, 0.1) is 11.4 Å². The van der Waals surface area contributed by atoms with E-state index in [-0.39, 0.29) is 11.9 Å². The number of likely N-dealkylation sites (tertiary alicyclic amines) is 1. The SMILES string of the molecule is CC(Nc1ccc(N)c(N)c1)C(=O)N1CCCCC1. The summed E-state index contributed by atoms with van der Waals surface area (Å²) in [6.07, 6.45) is 3.43. The first kappa shape index (κ1) is 13.5. The Morgan fingerprint density at radius 3 is 2.53 bits per heavy atom. The van der Waals surface area contributed by atoms with Crippen LogP contribution >= 0.6 is 0 Å². The van der Waals surface area contributed by atoms with Crippen LogP contribution in [0, 0.1) is 0 Å². The maximum absolute atomic E-state index is 12.3. The van der Waals surface area contributed by atoms with E-state index >= 15 is 0 Å². The van der Waals surface area contributed by atoms with E-state index in [1.165, 1.54) is 6.42 Å². The van der Waals surface area contributed by atoms with Crippen molar-refractivity contribution in [3.8, 4) is 0 Å². The molecule has 19 heavy (non-hydrogen) atoms. The number of anilines is 3. The van der Waals surface area contributed by atoms with Crippen molar-refractivity contribution in [2.75, 3.05) is 29.9 Å². The third-order valence-electron chi connectivity index (χ3n) is 3.51. The molecule has 0 spiro atoms. The van der Waals surface area contributed by atoms with Crippen LogP contribution < -0.4 is 16.8 Å². The van der Waals surface area contributed by atoms with Crippen LogP contribution in [0.25, 0.3) is 0 Å². The molecule has 1 aromatic rings. The summed E-state index contributed by atoms with van der Waals surface area (Å²) in [5.74, 6) is 0.148. The first-order chi connectivity index (χ1) is 9.08. The van der Waals surface area contributed by atoms with E-state index in [0.717, 1.165) is 31.6 Å². The second kappa shape index (κ2) is 5.82. The molecule has 1 amide bonds. The fraction of sp³-hybridized carbons (Fsp3) is 0.500. The molecule has 104 valence electrons. The van der Waals surface area contributed by atoms with Crippen LogP contribution in [-0.2, 0) is 4.79 Å². The minimum atomic E-state index is -0.249. The Labute approximate surface area is 113 Å². The van der Waals surface area contributed by atoms with Gasteiger partial charge in [-0.3, -0.25) is 4.79 Å². The summed E-state index contributed by atoms with van der Waals surface area (Å²) in [4.78, 5) is 14.2. The van der Waals surface area contributed by atoms with E-state index in [1.807, 2.05) is 17.9 Å². The Morgan fingerprint density at radius 2 is 1.89 bits per heavy atom. The Balaban J connectivity index is 1.97. The quantitative estimate of drug-likeness (QED) is 0.723. The summed E-state index contributed by atoms with van der Waals surface area (Å²) in [7, 11) is 0. The molecular formula is C14H22N4O. The fourth-order valence-corrected chi connectivity index (χ4v) is 2.36. The van der Waals surface area contributed by atoms with Crippen molar-refractivity contribution in [1.29, 1.82) is 0 Å². The molecule has 0 saturated carbocycles. The third kappa shape index (κ3) is 3.30. The number of nitrogens with one attached hydrogen (secondary N) is 1. The predicted molar refractivity (Wildman–Crippen MR) is 78.8 cm³/mol. The number of piperidine rings is 1. The van der Waals surface area contributed by atoms with Crippen molar-refractivity contribution in [3.63, 3.8) is 0 Å². The summed E-state index contributed by atoms with van der Waals surface area (Å²) in [5, 5.41) is 3.18. The highest BCUT2D eigenvalue weighted by Gasteiger charge is 2.21. The molecule has 1 aliphatic heterocycles. The summed E-state index contributed by atoms with van der Waals surface area (Å²) in [6, 6.07) is 5.10. The number of benzene rings is 1. The topological polar surface area (TPSA) is 84.4 Å². The van der Waals surface area contributed by atoms with Gasteiger partial charge >= 0.3 is 0 Å². The van der Waals surface area contributed by atoms with Gasteiger partial charge in [0.2, 0.25) is 5.91 Å². The maximum Gasteiger partial charge on any atom is 0.244 e. The average Bonchev–Trinajstić information content (AvgIpc) is 2.43. The van der Waals surface area contributed by atoms with Crippen LogP contribution in [0.5, 0.6) is 0 Å². The van der Waals surface area contributed by atoms with Gasteiger partial charge in [0, 0.05) is 18.8 Å². The van der Waals surface area contributed by atoms with E-state index in [4.69, 9.17) is 11.5 Å². The Bertz CT molecular complexity index is 455. The summed E-state index contributed by atoms with van der Waals surface area (Å²) in [6.45, 7) is 3.62. The van der Waals surface area contributed by atoms with Gasteiger partial charge in [-0.2, -0.15) is 0 Å². The maximum atomic E-state index is 12.3. The van der Waals surface area contributed by atoms with Crippen LogP contribution in [0.1, 0.15) is 26.2 Å². The number of carbonyl (C=O) groups excluding carboxylic acids is 1. The molecular weight excluding hydrogens is 240 g/mol. The van der Waals surface area contributed by atoms with Gasteiger partial charge in [-0.15, -0.1) is 0 Å². The van der Waals surface area contributed by atoms with E-state index in [2.05, 4.69) is 5.32 Å². The molecule has 1 unspecified atom stereocenters. The van der Waals surface area contributed by atoms with Gasteiger partial charge in [0.1, 0.15) is 6.04 Å². The number of rotatable bonds is 3. The third-order valence-corrected chi connectivity index (χ3v) is 3.51. The van der Waals surface area contributed by atoms with Gasteiger partial charge < -0.3 is 21.7 Å². The first-order valence-electron chi connectivity index (χ1n) is 6.78. The highest BCUT2D eigenvalue weighted by atomic mass is 16.2. The molecule has 1 aromatic carbocycles. The van der Waals surface area contributed by atoms with Gasteiger partial charge in [0.15, 0.2) is 0 Å². The lowest BCUT2D eigenvalue weighted by Crippen LogP contribution is -2.43. The standard InChI is InChI=1S/C14H22N4O/c1-10(14(19)18-7-3-2-4-8-18)17-11-5-6-12(15)13(16)9-11/h5-6,9-10,17H,2-4,7-8,15-16H2,1H3. The van der Waals surface area contributed by atoms with E-state index < -0.39 is 0 Å². The highest BCUT2D eigenvalue weighted by Crippen LogP contribution is 2.20. The second-order valence-electron chi connectivity index (χ2n) is 5.10. The molecule has 1 heterocycles. The molecule has 1 aliphatic rings. The number of hydrogen-bond acceptors (Lipinski definition) is 4. The monoisotopic (exact) mass is 262 g/mol. The number of hydrogen-bond donors (Lipinski definition) is 3. The molecule has 0 aliphatic carbocycles. The van der Waals surface area contributed by atoms with Crippen LogP contribution in [0.15, 0.2) is 18.2 Å². The van der Waals surface area contributed by atoms with Crippen LogP contribution in [0.3, 0.4) is 0 Å². The van der Waals surface area contributed by atoms with Crippen molar-refractivity contribution in [3.05, 3.63) is 18.2 Å². The molecule has 0 aromatic heterocycles. The zero-order valence-electron chi connectivity index (χ0n) is 11.4. The summed E-state index contributed by atoms with van der Waals surface area (Å²) in [5.41, 5.74) is 13.3. The number of nitrogen functional groups attached to an aromatic ring is 2. The number of nitrogens with two attached hydrogens (primary N) is 2. The Kier molecular flexibility index (Phi) is 4.14. The fourth-order valence-electron chi connectivity index (χ4n) is 2.36. The van der Waals surface area contributed by atoms with Crippen molar-refractivity contribution in [2.45, 2.75) is 32.2 Å². The average molecular weight is 262 g/mol. The van der Waals surface area contributed by atoms with Crippen molar-refractivity contribution < 1.29 is 4.79 Å². The van der Waals surface area contributed by atoms with Crippen LogP contribution in [-0.4, -0.2) is 29.9 Å². The van der Waals surface area contributed by atoms with E-state index in [1.54, 1.807) is 12.1 Å². The molecule has 0 radical (unpaired) electrons. The molecule has 0 bridgehead atoms. The van der Waals surface area contributed by atoms with Gasteiger partial charge in [-0.25, -0.2) is 0 Å². The molecule has 2 rings (SSSR count). The highest BCUT2D eigenvalue weighted by molar-refractivity contribution is 5.85. The predicted octanol–water partition coefficient (Wildman–Crippen LogP) is 1.66. The van der Waals surface area contributed by atoms with E-state index in [0.29, 0.717) is 11.4 Å². The Hall–Kier alpha value is -1.91. The van der Waals surface area contributed by atoms with Crippen molar-refractivity contribution in [2.24, 2.45) is 0 Å². The number of amides is 1. The van der Waals surface area contributed by atoms with E-state index in [9.17, 15) is 4.79 Å². The van der Waals surface area contributed by atoms with Crippen molar-refractivity contribution in [1.82, 2.24) is 4.90 Å². The van der Waals surface area contributed by atoms with Crippen LogP contribution in [0.4, 0.5) is 17.1 Å². The summed E-state index contributed by atoms with van der Waals surface area (Å²) >= 11 is 0. The lowest BCUT2D eigenvalue weighted by Gasteiger charge is -2.29. The molecule has 5 nitrogen and oxygen atoms in total. The Morgan fingerprint density at radius 1 is 1.21 bits per heavy atom. The lowest BCUT2D eigenvalue weighted by molar-refractivity contribution is -0.132. The number of carbonyl (C=O) groups is 1. The number of nitrogens with zero attached hydrogens (tertiary/aromatic N) is 1. The smallest absolute Gasteiger partial charge is 0.244 e. The largest absolute Gasteiger partial charge is 0.397 e. The van der Waals surface area contributed by atoms with Gasteiger partial charge in [-0.1, -0.05) is 0 Å². The summed E-state index contributed by atoms with van der Waals surface area (Å²) < 4.78 is 0. The minimum absolute atomic E-state index is 0.148. The lowest BCUT2D eigenvalue weighted by atomic mass is 10.1. The first-order valence-corrected chi connectivity index (χ1v) is 6.78. The van der Waals surface area contributed by atoms with Gasteiger partial charge in [0.25, 0.3) is 0 Å². The normalized spacial score (nSPS) is 17.0.